The molecule has 0 radical (unpaired) electrons. The number of morpholine rings is 1. The molecule has 11 heteroatoms. The number of hydrogen-bond donors (Lipinski definition) is 0. The van der Waals surface area contributed by atoms with E-state index >= 15 is 0 Å². The van der Waals surface area contributed by atoms with E-state index in [0.717, 1.165) is 36.2 Å². The van der Waals surface area contributed by atoms with E-state index in [1.807, 2.05) is 17.0 Å². The number of ether oxygens (including phenoxy) is 1. The fourth-order valence-corrected chi connectivity index (χ4v) is 5.67. The molecule has 1 amide bonds. The van der Waals surface area contributed by atoms with Crippen LogP contribution in [0.3, 0.4) is 0 Å². The van der Waals surface area contributed by atoms with Gasteiger partial charge in [0.2, 0.25) is 11.6 Å². The van der Waals surface area contributed by atoms with E-state index in [1.165, 1.54) is 17.1 Å². The van der Waals surface area contributed by atoms with Crippen molar-refractivity contribution >= 4 is 11.6 Å². The zero-order valence-corrected chi connectivity index (χ0v) is 19.8. The number of fused-ring (bicyclic) bond motifs is 2. The maximum atomic E-state index is 14.0. The number of amides is 1. The highest BCUT2D eigenvalue weighted by Crippen LogP contribution is 2.36. The van der Waals surface area contributed by atoms with E-state index < -0.39 is 5.82 Å². The highest BCUT2D eigenvalue weighted by molar-refractivity contribution is 5.85. The zero-order valence-electron chi connectivity index (χ0n) is 19.8. The summed E-state index contributed by atoms with van der Waals surface area (Å²) in [6, 6.07) is 7.01. The lowest BCUT2D eigenvalue weighted by molar-refractivity contribution is -0.141. The van der Waals surface area contributed by atoms with Crippen LogP contribution in [0.4, 0.5) is 10.1 Å². The van der Waals surface area contributed by atoms with E-state index in [2.05, 4.69) is 30.3 Å². The maximum absolute atomic E-state index is 14.0. The van der Waals surface area contributed by atoms with Crippen LogP contribution >= 0.6 is 0 Å². The average molecular weight is 489 g/mol. The number of tetrazole rings is 1. The predicted molar refractivity (Wildman–Crippen MR) is 126 cm³/mol. The molecule has 2 aromatic heterocycles. The van der Waals surface area contributed by atoms with Crippen LogP contribution in [-0.4, -0.2) is 79.7 Å². The molecule has 3 aliphatic rings. The lowest BCUT2D eigenvalue weighted by Crippen LogP contribution is -2.60. The molecule has 0 saturated carbocycles. The van der Waals surface area contributed by atoms with Crippen molar-refractivity contribution in [1.29, 1.82) is 0 Å². The first-order valence-corrected chi connectivity index (χ1v) is 12.1. The smallest absolute Gasteiger partial charge is 0.230 e. The molecule has 2 aliphatic heterocycles. The lowest BCUT2D eigenvalue weighted by atomic mass is 9.97. The second-order valence-corrected chi connectivity index (χ2v) is 9.53. The van der Waals surface area contributed by atoms with Gasteiger partial charge in [-0.25, -0.2) is 14.2 Å². The highest BCUT2D eigenvalue weighted by Gasteiger charge is 2.39. The first-order chi connectivity index (χ1) is 17.5. The van der Waals surface area contributed by atoms with E-state index in [-0.39, 0.29) is 29.7 Å². The van der Waals surface area contributed by atoms with Crippen LogP contribution < -0.4 is 0 Å². The topological polar surface area (TPSA) is 93.6 Å². The van der Waals surface area contributed by atoms with Gasteiger partial charge in [0.05, 0.1) is 31.2 Å². The van der Waals surface area contributed by atoms with Gasteiger partial charge in [-0.1, -0.05) is 12.1 Å². The zero-order chi connectivity index (χ0) is 24.8. The summed E-state index contributed by atoms with van der Waals surface area (Å²) in [5.41, 5.74) is 3.47. The van der Waals surface area contributed by atoms with Crippen molar-refractivity contribution in [3.63, 3.8) is 0 Å². The first kappa shape index (κ1) is 22.7. The molecule has 0 N–H and O–H groups in total. The number of rotatable bonds is 3. The minimum absolute atomic E-state index is 0.0602. The summed E-state index contributed by atoms with van der Waals surface area (Å²) in [6.07, 6.45) is 2.78. The summed E-state index contributed by atoms with van der Waals surface area (Å²) < 4.78 is 21.7. The van der Waals surface area contributed by atoms with Crippen molar-refractivity contribution in [2.45, 2.75) is 37.8 Å². The molecule has 0 bridgehead atoms. The summed E-state index contributed by atoms with van der Waals surface area (Å²) in [6.45, 7) is 12.2. The molecule has 6 rings (SSSR count). The van der Waals surface area contributed by atoms with Crippen LogP contribution in [0.1, 0.15) is 40.8 Å². The Hall–Kier alpha value is -3.75. The molecule has 0 spiro atoms. The fraction of sp³-hybridized carbons (Fsp3) is 0.440. The van der Waals surface area contributed by atoms with Crippen molar-refractivity contribution in [2.75, 3.05) is 32.8 Å². The molecule has 10 nitrogen and oxygen atoms in total. The van der Waals surface area contributed by atoms with Crippen LogP contribution in [-0.2, 0) is 16.0 Å². The number of nitrogens with zero attached hydrogens (tertiary/aromatic N) is 8. The largest absolute Gasteiger partial charge is 0.371 e. The number of hydrogen-bond acceptors (Lipinski definition) is 7. The summed E-state index contributed by atoms with van der Waals surface area (Å²) in [5, 5.41) is 11.2. The van der Waals surface area contributed by atoms with Gasteiger partial charge < -0.3 is 9.64 Å². The number of aromatic nitrogens is 5. The number of pyridine rings is 1. The van der Waals surface area contributed by atoms with Gasteiger partial charge in [-0.3, -0.25) is 9.69 Å². The molecular weight excluding hydrogens is 463 g/mol. The molecular formula is C25H25FN8O2. The van der Waals surface area contributed by atoms with E-state index in [1.54, 1.807) is 13.0 Å². The van der Waals surface area contributed by atoms with Crippen molar-refractivity contribution in [2.24, 2.45) is 0 Å². The van der Waals surface area contributed by atoms with Gasteiger partial charge in [-0.15, -0.1) is 5.10 Å². The number of benzene rings is 1. The third-order valence-electron chi connectivity index (χ3n) is 7.61. The normalized spacial score (nSPS) is 23.7. The molecule has 4 heterocycles. The SMILES string of the molecule is [C-]#[N+]c1c(F)ccc([C@H]2CN3CCN(C(=O)C4CCc5nc(-n6cnnn6)ccc54)C[C@@H]3CO2)c1C. The summed E-state index contributed by atoms with van der Waals surface area (Å²) in [5.74, 6) is 0.105. The second kappa shape index (κ2) is 9.04. The summed E-state index contributed by atoms with van der Waals surface area (Å²) in [4.78, 5) is 25.9. The van der Waals surface area contributed by atoms with Gasteiger partial charge in [0.1, 0.15) is 12.1 Å². The Morgan fingerprint density at radius 2 is 2.06 bits per heavy atom. The molecule has 1 aliphatic carbocycles. The Morgan fingerprint density at radius 3 is 2.86 bits per heavy atom. The summed E-state index contributed by atoms with van der Waals surface area (Å²) >= 11 is 0. The Labute approximate surface area is 207 Å². The number of piperazine rings is 1. The molecule has 2 fully saturated rings. The number of halogens is 1. The second-order valence-electron chi connectivity index (χ2n) is 9.53. The molecule has 3 aromatic rings. The highest BCUT2D eigenvalue weighted by atomic mass is 19.1. The fourth-order valence-electron chi connectivity index (χ4n) is 5.67. The number of carbonyl (C=O) groups is 1. The Balaban J connectivity index is 1.12. The Morgan fingerprint density at radius 1 is 1.19 bits per heavy atom. The molecule has 184 valence electrons. The van der Waals surface area contributed by atoms with Crippen LogP contribution in [0.2, 0.25) is 0 Å². The van der Waals surface area contributed by atoms with Crippen LogP contribution in [0.15, 0.2) is 30.6 Å². The van der Waals surface area contributed by atoms with Crippen LogP contribution in [0, 0.1) is 19.3 Å². The van der Waals surface area contributed by atoms with Gasteiger partial charge in [-0.2, -0.15) is 4.68 Å². The first-order valence-electron chi connectivity index (χ1n) is 12.1. The van der Waals surface area contributed by atoms with E-state index in [4.69, 9.17) is 11.3 Å². The average Bonchev–Trinajstić information content (AvgIpc) is 3.58. The van der Waals surface area contributed by atoms with Crippen molar-refractivity contribution in [1.82, 2.24) is 35.0 Å². The van der Waals surface area contributed by atoms with Crippen molar-refractivity contribution < 1.29 is 13.9 Å². The number of carbonyl (C=O) groups excluding carboxylic acids is 1. The third-order valence-corrected chi connectivity index (χ3v) is 7.61. The van der Waals surface area contributed by atoms with Gasteiger partial charge >= 0.3 is 0 Å². The number of aryl methyl sites for hydroxylation is 1. The summed E-state index contributed by atoms with van der Waals surface area (Å²) in [7, 11) is 0. The van der Waals surface area contributed by atoms with Crippen LogP contribution in [0.5, 0.6) is 0 Å². The lowest BCUT2D eigenvalue weighted by Gasteiger charge is -2.46. The van der Waals surface area contributed by atoms with E-state index in [0.29, 0.717) is 37.6 Å². The van der Waals surface area contributed by atoms with Crippen molar-refractivity contribution in [3.8, 4) is 5.82 Å². The monoisotopic (exact) mass is 488 g/mol. The molecule has 36 heavy (non-hydrogen) atoms. The molecule has 1 unspecified atom stereocenters. The molecule has 3 atom stereocenters. The molecule has 1 aromatic carbocycles. The Kier molecular flexibility index (Phi) is 5.70. The van der Waals surface area contributed by atoms with Gasteiger partial charge in [0, 0.05) is 31.9 Å². The van der Waals surface area contributed by atoms with E-state index in [9.17, 15) is 9.18 Å². The standard InChI is InChI=1S/C25H25FN8O2/c1-15-17(3-6-20(26)24(15)27-2)22-12-32-9-10-33(11-16(32)13-36-22)25(35)19-4-7-21-18(19)5-8-23(29-21)34-14-28-30-31-34/h3,5-6,8,14,16,19,22H,4,7,9-13H2,1H3/t16-,19?,22-/m1/s1. The van der Waals surface area contributed by atoms with Gasteiger partial charge in [0.25, 0.3) is 0 Å². The minimum atomic E-state index is -0.498. The quantitative estimate of drug-likeness (QED) is 0.523. The minimum Gasteiger partial charge on any atom is -0.371 e. The predicted octanol–water partition coefficient (Wildman–Crippen LogP) is 2.37. The molecule has 2 saturated heterocycles. The van der Waals surface area contributed by atoms with Gasteiger partial charge in [-0.05, 0) is 59.0 Å². The Bertz CT molecular complexity index is 1350. The third kappa shape index (κ3) is 3.83. The van der Waals surface area contributed by atoms with Gasteiger partial charge in [0.15, 0.2) is 5.82 Å². The maximum Gasteiger partial charge on any atom is 0.230 e. The van der Waals surface area contributed by atoms with Crippen LogP contribution in [0.25, 0.3) is 10.7 Å². The van der Waals surface area contributed by atoms with Crippen molar-refractivity contribution in [3.05, 3.63) is 70.2 Å².